The smallest absolute Gasteiger partial charge is 0.323 e. The molecule has 0 fully saturated rings. The number of carboxylic acid groups (broad SMARTS) is 1. The van der Waals surface area contributed by atoms with Crippen LogP contribution in [0.3, 0.4) is 0 Å². The molecular formula is C39H40Cl2N4O8. The molecule has 0 spiro atoms. The first-order valence-electron chi connectivity index (χ1n) is 17.2. The van der Waals surface area contributed by atoms with E-state index in [0.29, 0.717) is 57.1 Å². The third-order valence-electron chi connectivity index (χ3n) is 9.20. The Balaban J connectivity index is 1.27. The van der Waals surface area contributed by atoms with E-state index < -0.39 is 24.7 Å². The molecule has 5 N–H and O–H groups in total. The van der Waals surface area contributed by atoms with Gasteiger partial charge in [-0.05, 0) is 49.2 Å². The molecule has 0 radical (unpaired) electrons. The summed E-state index contributed by atoms with van der Waals surface area (Å²) in [4.78, 5) is 40.3. The fraction of sp³-hybridized carbons (Fsp3) is 0.308. The van der Waals surface area contributed by atoms with Crippen molar-refractivity contribution in [1.82, 2.24) is 10.6 Å². The monoisotopic (exact) mass is 762 g/mol. The number of benzene rings is 4. The lowest BCUT2D eigenvalue weighted by atomic mass is 9.95. The van der Waals surface area contributed by atoms with Gasteiger partial charge in [0.1, 0.15) is 17.5 Å². The lowest BCUT2D eigenvalue weighted by Gasteiger charge is -2.32. The zero-order valence-corrected chi connectivity index (χ0v) is 30.7. The van der Waals surface area contributed by atoms with Crippen LogP contribution in [-0.4, -0.2) is 97.3 Å². The Morgan fingerprint density at radius 1 is 0.755 bits per heavy atom. The Morgan fingerprint density at radius 3 is 1.68 bits per heavy atom. The van der Waals surface area contributed by atoms with Gasteiger partial charge in [0.15, 0.2) is 13.2 Å². The van der Waals surface area contributed by atoms with E-state index in [0.717, 1.165) is 22.3 Å². The van der Waals surface area contributed by atoms with Gasteiger partial charge in [-0.2, -0.15) is 0 Å². The number of anilines is 2. The predicted molar refractivity (Wildman–Crippen MR) is 204 cm³/mol. The number of nitrogens with zero attached hydrogens (tertiary/aromatic N) is 2. The van der Waals surface area contributed by atoms with Crippen molar-refractivity contribution in [3.63, 3.8) is 0 Å². The molecule has 12 nitrogen and oxygen atoms in total. The highest BCUT2D eigenvalue weighted by Gasteiger charge is 2.30. The topological polar surface area (TPSA) is 161 Å². The first kappa shape index (κ1) is 38.0. The van der Waals surface area contributed by atoms with Crippen LogP contribution in [-0.2, 0) is 14.4 Å². The summed E-state index contributed by atoms with van der Waals surface area (Å²) >= 11 is 14.2. The third-order valence-corrected chi connectivity index (χ3v) is 10.0. The summed E-state index contributed by atoms with van der Waals surface area (Å²) in [6.07, 6.45) is 0. The van der Waals surface area contributed by atoms with Crippen LogP contribution < -0.4 is 29.9 Å². The minimum Gasteiger partial charge on any atom is -0.482 e. The van der Waals surface area contributed by atoms with Gasteiger partial charge >= 0.3 is 5.97 Å². The second kappa shape index (κ2) is 16.5. The van der Waals surface area contributed by atoms with Gasteiger partial charge in [-0.1, -0.05) is 71.7 Å². The van der Waals surface area contributed by atoms with E-state index in [4.69, 9.17) is 37.8 Å². The van der Waals surface area contributed by atoms with Crippen LogP contribution in [0.15, 0.2) is 72.8 Å². The number of nitrogens with one attached hydrogen (secondary N) is 2. The number of aliphatic hydroxyl groups is 2. The summed E-state index contributed by atoms with van der Waals surface area (Å²) in [6.45, 7) is 3.86. The fourth-order valence-corrected chi connectivity index (χ4v) is 7.27. The SMILES string of the molecule is C[C@@H](CN1C(=O)COc2cc(-c3cccc(-c4cccc(-c5ccc6c(c5)OCC(=O)N6C[C@H](C)N[C@@H](CO)C(=O)O)c4Cl)c3Cl)ccc21)NCCO. The van der Waals surface area contributed by atoms with E-state index in [1.165, 1.54) is 4.90 Å². The summed E-state index contributed by atoms with van der Waals surface area (Å²) in [5.41, 5.74) is 5.64. The highest BCUT2D eigenvalue weighted by atomic mass is 35.5. The van der Waals surface area contributed by atoms with Crippen molar-refractivity contribution in [1.29, 1.82) is 0 Å². The lowest BCUT2D eigenvalue weighted by molar-refractivity contribution is -0.140. The van der Waals surface area contributed by atoms with Crippen LogP contribution >= 0.6 is 23.2 Å². The van der Waals surface area contributed by atoms with Crippen molar-refractivity contribution in [3.8, 4) is 44.9 Å². The molecule has 6 rings (SSSR count). The maximum absolute atomic E-state index is 12.9. The predicted octanol–water partition coefficient (Wildman–Crippen LogP) is 4.84. The highest BCUT2D eigenvalue weighted by Crippen LogP contribution is 2.45. The second-order valence-electron chi connectivity index (χ2n) is 13.0. The number of ether oxygens (including phenoxy) is 2. The van der Waals surface area contributed by atoms with Crippen LogP contribution in [0.4, 0.5) is 11.4 Å². The van der Waals surface area contributed by atoms with Gasteiger partial charge in [0, 0.05) is 54.0 Å². The van der Waals surface area contributed by atoms with E-state index in [9.17, 15) is 24.6 Å². The van der Waals surface area contributed by atoms with E-state index in [1.807, 2.05) is 73.7 Å². The van der Waals surface area contributed by atoms with Gasteiger partial charge in [-0.3, -0.25) is 19.7 Å². The molecule has 0 aliphatic carbocycles. The van der Waals surface area contributed by atoms with Crippen LogP contribution in [0.5, 0.6) is 11.5 Å². The third kappa shape index (κ3) is 8.13. The van der Waals surface area contributed by atoms with Crippen molar-refractivity contribution in [2.24, 2.45) is 0 Å². The molecule has 4 aromatic carbocycles. The number of carbonyl (C=O) groups excluding carboxylic acids is 2. The average Bonchev–Trinajstić information content (AvgIpc) is 3.15. The maximum Gasteiger partial charge on any atom is 0.323 e. The Labute approximate surface area is 316 Å². The van der Waals surface area contributed by atoms with Gasteiger partial charge in [0.05, 0.1) is 34.6 Å². The van der Waals surface area contributed by atoms with E-state index in [-0.39, 0.29) is 44.2 Å². The van der Waals surface area contributed by atoms with Crippen LogP contribution in [0.2, 0.25) is 10.0 Å². The molecule has 2 aliphatic heterocycles. The molecule has 14 heteroatoms. The second-order valence-corrected chi connectivity index (χ2v) is 13.8. The Hall–Kier alpha value is -4.69. The zero-order valence-electron chi connectivity index (χ0n) is 29.1. The molecular weight excluding hydrogens is 723 g/mol. The molecule has 0 unspecified atom stereocenters. The molecule has 0 saturated carbocycles. The van der Waals surface area contributed by atoms with E-state index in [1.54, 1.807) is 17.9 Å². The number of carboxylic acids is 1. The Morgan fingerprint density at radius 2 is 1.23 bits per heavy atom. The molecule has 0 saturated heterocycles. The van der Waals surface area contributed by atoms with Gasteiger partial charge in [0.2, 0.25) is 0 Å². The number of halogens is 2. The first-order chi connectivity index (χ1) is 25.5. The van der Waals surface area contributed by atoms with Gasteiger partial charge in [-0.15, -0.1) is 0 Å². The molecule has 53 heavy (non-hydrogen) atoms. The average molecular weight is 764 g/mol. The van der Waals surface area contributed by atoms with Gasteiger partial charge in [0.25, 0.3) is 11.8 Å². The standard InChI is InChI=1S/C39H40Cl2N4O8/c1-22(42-13-14-46)17-44-31-11-9-24(15-33(31)52-20-35(44)48)26-5-3-7-28(37(26)40)29-8-4-6-27(38(29)41)25-10-12-32-34(16-25)53-21-36(49)45(32)18-23(2)43-30(19-47)39(50)51/h3-12,15-16,22-23,30,42-43,46-47H,13-14,17-21H2,1-2H3,(H,50,51)/t22-,23-,30-/m0/s1. The van der Waals surface area contributed by atoms with Crippen molar-refractivity contribution >= 4 is 52.4 Å². The summed E-state index contributed by atoms with van der Waals surface area (Å²) in [5.74, 6) is -0.572. The molecule has 2 aliphatic rings. The van der Waals surface area contributed by atoms with Crippen molar-refractivity contribution < 1.29 is 39.2 Å². The van der Waals surface area contributed by atoms with Crippen LogP contribution in [0, 0.1) is 0 Å². The quantitative estimate of drug-likeness (QED) is 0.120. The number of fused-ring (bicyclic) bond motifs is 2. The summed E-state index contributed by atoms with van der Waals surface area (Å²) in [7, 11) is 0. The zero-order chi connectivity index (χ0) is 37.8. The first-order valence-corrected chi connectivity index (χ1v) is 17.9. The van der Waals surface area contributed by atoms with E-state index >= 15 is 0 Å². The van der Waals surface area contributed by atoms with Gasteiger partial charge < -0.3 is 39.9 Å². The Bertz CT molecular complexity index is 2030. The fourth-order valence-electron chi connectivity index (χ4n) is 6.59. The molecule has 278 valence electrons. The van der Waals surface area contributed by atoms with E-state index in [2.05, 4.69) is 10.6 Å². The number of aliphatic hydroxyl groups excluding tert-OH is 2. The summed E-state index contributed by atoms with van der Waals surface area (Å²) in [5, 5.41) is 34.8. The van der Waals surface area contributed by atoms with Crippen molar-refractivity contribution in [2.45, 2.75) is 32.0 Å². The summed E-state index contributed by atoms with van der Waals surface area (Å²) < 4.78 is 11.7. The number of rotatable bonds is 14. The highest BCUT2D eigenvalue weighted by molar-refractivity contribution is 6.39. The van der Waals surface area contributed by atoms with Crippen molar-refractivity contribution in [3.05, 3.63) is 82.8 Å². The lowest BCUT2D eigenvalue weighted by Crippen LogP contribution is -2.51. The summed E-state index contributed by atoms with van der Waals surface area (Å²) in [6, 6.07) is 20.8. The number of aliphatic carboxylic acids is 1. The molecule has 2 heterocycles. The number of amides is 2. The molecule has 0 bridgehead atoms. The van der Waals surface area contributed by atoms with Crippen molar-refractivity contribution in [2.75, 3.05) is 55.9 Å². The molecule has 4 aromatic rings. The molecule has 3 atom stereocenters. The van der Waals surface area contributed by atoms with Crippen LogP contribution in [0.1, 0.15) is 13.8 Å². The minimum atomic E-state index is -1.18. The number of hydrogen-bond acceptors (Lipinski definition) is 9. The van der Waals surface area contributed by atoms with Crippen LogP contribution in [0.25, 0.3) is 33.4 Å². The molecule has 2 amide bonds. The largest absolute Gasteiger partial charge is 0.482 e. The Kier molecular flexibility index (Phi) is 11.9. The normalized spacial score (nSPS) is 15.6. The van der Waals surface area contributed by atoms with Gasteiger partial charge in [-0.25, -0.2) is 0 Å². The number of carbonyl (C=O) groups is 3. The minimum absolute atomic E-state index is 0.00729. The maximum atomic E-state index is 12.9. The molecule has 0 aromatic heterocycles. The number of hydrogen-bond donors (Lipinski definition) is 5.